The molecule has 2 aromatic rings. The lowest BCUT2D eigenvalue weighted by molar-refractivity contribution is 0.123. The van der Waals surface area contributed by atoms with Gasteiger partial charge >= 0.3 is 0 Å². The van der Waals surface area contributed by atoms with Gasteiger partial charge in [0.1, 0.15) is 5.75 Å². The van der Waals surface area contributed by atoms with Crippen LogP contribution in [0, 0.1) is 0 Å². The van der Waals surface area contributed by atoms with Crippen LogP contribution >= 0.6 is 0 Å². The van der Waals surface area contributed by atoms with E-state index in [9.17, 15) is 0 Å². The number of pyridine rings is 1. The molecule has 2 rings (SSSR count). The normalized spacial score (nSPS) is 10.9. The molecule has 0 N–H and O–H groups in total. The highest BCUT2D eigenvalue weighted by molar-refractivity contribution is 5.60. The van der Waals surface area contributed by atoms with Gasteiger partial charge in [0, 0.05) is 25.0 Å². The lowest BCUT2D eigenvalue weighted by Crippen LogP contribution is -2.01. The van der Waals surface area contributed by atoms with Gasteiger partial charge in [0.25, 0.3) is 0 Å². The number of ether oxygens (including phenoxy) is 2. The maximum atomic E-state index is 5.83. The molecule has 0 aliphatic heterocycles. The van der Waals surface area contributed by atoms with E-state index in [4.69, 9.17) is 9.47 Å². The molecule has 0 amide bonds. The molecule has 154 valence electrons. The fourth-order valence-electron chi connectivity index (χ4n) is 3.07. The summed E-state index contributed by atoms with van der Waals surface area (Å²) in [6.45, 7) is 6.89. The van der Waals surface area contributed by atoms with E-state index >= 15 is 0 Å². The van der Waals surface area contributed by atoms with Gasteiger partial charge in [-0.05, 0) is 68.0 Å². The van der Waals surface area contributed by atoms with E-state index in [1.807, 2.05) is 18.3 Å². The van der Waals surface area contributed by atoms with Crippen LogP contribution in [0.3, 0.4) is 0 Å². The summed E-state index contributed by atoms with van der Waals surface area (Å²) >= 11 is 0. The van der Waals surface area contributed by atoms with Gasteiger partial charge in [-0.3, -0.25) is 4.98 Å². The van der Waals surface area contributed by atoms with Gasteiger partial charge in [-0.25, -0.2) is 0 Å². The first-order valence-corrected chi connectivity index (χ1v) is 11.1. The van der Waals surface area contributed by atoms with Crippen LogP contribution in [-0.4, -0.2) is 24.8 Å². The van der Waals surface area contributed by atoms with E-state index in [2.05, 4.69) is 43.1 Å². The molecule has 1 aromatic heterocycles. The Morgan fingerprint density at radius 2 is 1.46 bits per heavy atom. The van der Waals surface area contributed by atoms with Crippen LogP contribution in [-0.2, 0) is 11.2 Å². The summed E-state index contributed by atoms with van der Waals surface area (Å²) in [5, 5.41) is 0. The molecule has 0 unspecified atom stereocenters. The van der Waals surface area contributed by atoms with Crippen molar-refractivity contribution >= 4 is 0 Å². The largest absolute Gasteiger partial charge is 0.494 e. The maximum absolute atomic E-state index is 5.83. The Kier molecular flexibility index (Phi) is 11.3. The van der Waals surface area contributed by atoms with E-state index in [0.717, 1.165) is 62.5 Å². The van der Waals surface area contributed by atoms with Crippen molar-refractivity contribution < 1.29 is 9.47 Å². The molecule has 0 fully saturated rings. The minimum atomic E-state index is 0.738. The van der Waals surface area contributed by atoms with Crippen molar-refractivity contribution in [2.24, 2.45) is 0 Å². The lowest BCUT2D eigenvalue weighted by atomic mass is 10.1. The van der Waals surface area contributed by atoms with Gasteiger partial charge < -0.3 is 9.47 Å². The molecule has 0 bridgehead atoms. The van der Waals surface area contributed by atoms with Crippen molar-refractivity contribution in [2.75, 3.05) is 19.8 Å². The van der Waals surface area contributed by atoms with Crippen molar-refractivity contribution in [3.8, 4) is 17.0 Å². The van der Waals surface area contributed by atoms with Gasteiger partial charge in [-0.15, -0.1) is 0 Å². The minimum Gasteiger partial charge on any atom is -0.494 e. The van der Waals surface area contributed by atoms with Crippen molar-refractivity contribution in [1.82, 2.24) is 4.98 Å². The van der Waals surface area contributed by atoms with Crippen molar-refractivity contribution in [3.63, 3.8) is 0 Å². The summed E-state index contributed by atoms with van der Waals surface area (Å²) in [6, 6.07) is 12.6. The SMILES string of the molecule is CCCCCCc1ccc(-c2ccc(OCCCCOCCCC)cc2)nc1. The minimum absolute atomic E-state index is 0.738. The van der Waals surface area contributed by atoms with E-state index in [1.165, 1.54) is 37.7 Å². The third-order valence-electron chi connectivity index (χ3n) is 4.89. The fraction of sp³-hybridized carbons (Fsp3) is 0.560. The van der Waals surface area contributed by atoms with Crippen molar-refractivity contribution in [1.29, 1.82) is 0 Å². The van der Waals surface area contributed by atoms with Crippen molar-refractivity contribution in [2.45, 2.75) is 71.6 Å². The molecule has 0 aliphatic rings. The zero-order chi connectivity index (χ0) is 19.9. The molecule has 1 aromatic carbocycles. The Balaban J connectivity index is 1.68. The topological polar surface area (TPSA) is 31.4 Å². The Hall–Kier alpha value is -1.87. The molecule has 3 heteroatoms. The number of hydrogen-bond acceptors (Lipinski definition) is 3. The van der Waals surface area contributed by atoms with E-state index in [-0.39, 0.29) is 0 Å². The first-order chi connectivity index (χ1) is 13.8. The van der Waals surface area contributed by atoms with Crippen LogP contribution in [0.1, 0.15) is 70.8 Å². The summed E-state index contributed by atoms with van der Waals surface area (Å²) in [5.74, 6) is 0.920. The van der Waals surface area contributed by atoms with Gasteiger partial charge in [0.05, 0.1) is 12.3 Å². The Labute approximate surface area is 171 Å². The van der Waals surface area contributed by atoms with Crippen LogP contribution in [0.4, 0.5) is 0 Å². The monoisotopic (exact) mass is 383 g/mol. The number of rotatable bonds is 15. The van der Waals surface area contributed by atoms with Crippen LogP contribution < -0.4 is 4.74 Å². The maximum Gasteiger partial charge on any atom is 0.119 e. The molecule has 3 nitrogen and oxygen atoms in total. The van der Waals surface area contributed by atoms with Gasteiger partial charge in [0.2, 0.25) is 0 Å². The van der Waals surface area contributed by atoms with Crippen molar-refractivity contribution in [3.05, 3.63) is 48.2 Å². The summed E-state index contributed by atoms with van der Waals surface area (Å²) in [7, 11) is 0. The lowest BCUT2D eigenvalue weighted by Gasteiger charge is -2.08. The van der Waals surface area contributed by atoms with Crippen LogP contribution in [0.25, 0.3) is 11.3 Å². The number of hydrogen-bond donors (Lipinski definition) is 0. The molecule has 0 radical (unpaired) electrons. The van der Waals surface area contributed by atoms with E-state index in [0.29, 0.717) is 0 Å². The second-order valence-corrected chi connectivity index (χ2v) is 7.41. The van der Waals surface area contributed by atoms with E-state index < -0.39 is 0 Å². The third-order valence-corrected chi connectivity index (χ3v) is 4.89. The Morgan fingerprint density at radius 3 is 2.18 bits per heavy atom. The first kappa shape index (κ1) is 22.4. The van der Waals surface area contributed by atoms with Crippen LogP contribution in [0.15, 0.2) is 42.6 Å². The Bertz CT molecular complexity index is 622. The number of aromatic nitrogens is 1. The van der Waals surface area contributed by atoms with Gasteiger partial charge in [0.15, 0.2) is 0 Å². The average Bonchev–Trinajstić information content (AvgIpc) is 2.74. The number of aryl methyl sites for hydroxylation is 1. The molecule has 1 heterocycles. The van der Waals surface area contributed by atoms with Gasteiger partial charge in [-0.2, -0.15) is 0 Å². The molecular weight excluding hydrogens is 346 g/mol. The summed E-state index contributed by atoms with van der Waals surface area (Å²) in [4.78, 5) is 4.64. The second kappa shape index (κ2) is 14.2. The number of benzene rings is 1. The summed E-state index contributed by atoms with van der Waals surface area (Å²) < 4.78 is 11.4. The molecular formula is C25H37NO2. The standard InChI is InChI=1S/C25H37NO2/c1-3-5-7-8-11-22-12-17-25(26-21-22)23-13-15-24(16-14-23)28-20-10-9-19-27-18-6-4-2/h12-17,21H,3-11,18-20H2,1-2H3. The third kappa shape index (κ3) is 8.88. The zero-order valence-corrected chi connectivity index (χ0v) is 17.8. The second-order valence-electron chi connectivity index (χ2n) is 7.41. The van der Waals surface area contributed by atoms with Crippen LogP contribution in [0.5, 0.6) is 5.75 Å². The highest BCUT2D eigenvalue weighted by atomic mass is 16.5. The molecule has 0 atom stereocenters. The molecule has 28 heavy (non-hydrogen) atoms. The fourth-order valence-corrected chi connectivity index (χ4v) is 3.07. The first-order valence-electron chi connectivity index (χ1n) is 11.1. The smallest absolute Gasteiger partial charge is 0.119 e. The number of unbranched alkanes of at least 4 members (excludes halogenated alkanes) is 5. The molecule has 0 saturated carbocycles. The predicted molar refractivity (Wildman–Crippen MR) is 118 cm³/mol. The predicted octanol–water partition coefficient (Wildman–Crippen LogP) is 6.85. The molecule has 0 aliphatic carbocycles. The quantitative estimate of drug-likeness (QED) is 0.315. The number of nitrogens with zero attached hydrogens (tertiary/aromatic N) is 1. The summed E-state index contributed by atoms with van der Waals surface area (Å²) in [5.41, 5.74) is 3.49. The molecule has 0 saturated heterocycles. The summed E-state index contributed by atoms with van der Waals surface area (Å²) in [6.07, 6.45) is 12.7. The Morgan fingerprint density at radius 1 is 0.714 bits per heavy atom. The van der Waals surface area contributed by atoms with E-state index in [1.54, 1.807) is 0 Å². The highest BCUT2D eigenvalue weighted by Gasteiger charge is 2.02. The highest BCUT2D eigenvalue weighted by Crippen LogP contribution is 2.21. The van der Waals surface area contributed by atoms with Gasteiger partial charge in [-0.1, -0.05) is 45.6 Å². The zero-order valence-electron chi connectivity index (χ0n) is 17.8. The van der Waals surface area contributed by atoms with Crippen LogP contribution in [0.2, 0.25) is 0 Å². The average molecular weight is 384 g/mol. The molecule has 0 spiro atoms.